The van der Waals surface area contributed by atoms with Gasteiger partial charge in [-0.05, 0) is 101 Å². The standard InChI is InChI=1S/C18H33N.C3H6O.C2H6/c1-3-16-12-18(13-16)8-4-17(5-9-18)14-19-10-6-15(2)7-11-19;1-3(2)4;1-2/h15-17H,3-14H2,1-2H3;1-2H3;1-2H3. The maximum Gasteiger partial charge on any atom is 0.126 e. The molecule has 2 saturated carbocycles. The van der Waals surface area contributed by atoms with Crippen molar-refractivity contribution >= 4 is 5.78 Å². The van der Waals surface area contributed by atoms with Crippen LogP contribution in [0.4, 0.5) is 0 Å². The second-order valence-corrected chi connectivity index (χ2v) is 9.02. The molecule has 1 spiro atoms. The number of ketones is 1. The number of nitrogens with zero attached hydrogens (tertiary/aromatic N) is 1. The van der Waals surface area contributed by atoms with Gasteiger partial charge in [-0.25, -0.2) is 0 Å². The van der Waals surface area contributed by atoms with E-state index in [0.29, 0.717) is 0 Å². The Hall–Kier alpha value is -0.370. The van der Waals surface area contributed by atoms with Gasteiger partial charge in [0.1, 0.15) is 5.78 Å². The van der Waals surface area contributed by atoms with E-state index in [0.717, 1.165) is 23.2 Å². The Bertz CT molecular complexity index is 350. The van der Waals surface area contributed by atoms with Gasteiger partial charge in [0.15, 0.2) is 0 Å². The maximum atomic E-state index is 9.44. The highest BCUT2D eigenvalue weighted by Gasteiger charge is 2.45. The molecule has 0 unspecified atom stereocenters. The van der Waals surface area contributed by atoms with Crippen LogP contribution in [0.5, 0.6) is 0 Å². The summed E-state index contributed by atoms with van der Waals surface area (Å²) in [5.74, 6) is 3.26. The average molecular weight is 352 g/mol. The fourth-order valence-corrected chi connectivity index (χ4v) is 4.94. The van der Waals surface area contributed by atoms with E-state index < -0.39 is 0 Å². The van der Waals surface area contributed by atoms with Crippen molar-refractivity contribution in [1.82, 2.24) is 4.90 Å². The second kappa shape index (κ2) is 11.4. The number of rotatable bonds is 3. The lowest BCUT2D eigenvalue weighted by Crippen LogP contribution is -2.43. The number of carbonyl (C=O) groups is 1. The number of Topliss-reactive ketones (excluding diaryl/α,β-unsaturated/α-hetero) is 1. The summed E-state index contributed by atoms with van der Waals surface area (Å²) in [5, 5.41) is 0. The summed E-state index contributed by atoms with van der Waals surface area (Å²) >= 11 is 0. The molecule has 0 N–H and O–H groups in total. The van der Waals surface area contributed by atoms with Crippen LogP contribution in [0.1, 0.15) is 99.3 Å². The SMILES string of the molecule is CC.CC(C)=O.CCC1CC2(CCC(CN3CCC(C)CC3)CC2)C1. The van der Waals surface area contributed by atoms with Crippen LogP contribution in [0.2, 0.25) is 0 Å². The topological polar surface area (TPSA) is 20.3 Å². The lowest BCUT2D eigenvalue weighted by atomic mass is 9.54. The van der Waals surface area contributed by atoms with Crippen LogP contribution < -0.4 is 0 Å². The van der Waals surface area contributed by atoms with Crippen molar-refractivity contribution in [2.45, 2.75) is 99.3 Å². The molecule has 1 saturated heterocycles. The summed E-state index contributed by atoms with van der Waals surface area (Å²) in [4.78, 5) is 12.2. The highest BCUT2D eigenvalue weighted by Crippen LogP contribution is 2.56. The summed E-state index contributed by atoms with van der Waals surface area (Å²) < 4.78 is 0. The average Bonchev–Trinajstić information content (AvgIpc) is 2.57. The molecule has 2 aliphatic carbocycles. The number of hydrogen-bond acceptors (Lipinski definition) is 2. The summed E-state index contributed by atoms with van der Waals surface area (Å²) in [6.07, 6.45) is 13.6. The molecule has 2 heteroatoms. The van der Waals surface area contributed by atoms with Crippen LogP contribution in [0.3, 0.4) is 0 Å². The number of piperidine rings is 1. The number of likely N-dealkylation sites (tertiary alicyclic amines) is 1. The molecule has 0 aromatic heterocycles. The van der Waals surface area contributed by atoms with Crippen LogP contribution >= 0.6 is 0 Å². The quantitative estimate of drug-likeness (QED) is 0.591. The van der Waals surface area contributed by atoms with E-state index in [-0.39, 0.29) is 5.78 Å². The van der Waals surface area contributed by atoms with E-state index in [4.69, 9.17) is 0 Å². The summed E-state index contributed by atoms with van der Waals surface area (Å²) in [7, 11) is 0. The third-order valence-corrected chi connectivity index (χ3v) is 6.58. The molecule has 2 nitrogen and oxygen atoms in total. The molecular weight excluding hydrogens is 306 g/mol. The molecule has 0 atom stereocenters. The molecule has 0 bridgehead atoms. The van der Waals surface area contributed by atoms with Crippen molar-refractivity contribution in [3.8, 4) is 0 Å². The first-order valence-corrected chi connectivity index (χ1v) is 11.1. The van der Waals surface area contributed by atoms with Gasteiger partial charge in [-0.1, -0.05) is 34.1 Å². The lowest BCUT2D eigenvalue weighted by Gasteiger charge is -2.52. The Morgan fingerprint density at radius 1 is 0.960 bits per heavy atom. The molecule has 25 heavy (non-hydrogen) atoms. The van der Waals surface area contributed by atoms with Gasteiger partial charge in [-0.15, -0.1) is 0 Å². The van der Waals surface area contributed by atoms with Gasteiger partial charge in [-0.3, -0.25) is 0 Å². The molecule has 0 aromatic rings. The second-order valence-electron chi connectivity index (χ2n) is 9.02. The maximum absolute atomic E-state index is 9.44. The molecule has 3 rings (SSSR count). The third kappa shape index (κ3) is 7.81. The van der Waals surface area contributed by atoms with Gasteiger partial charge >= 0.3 is 0 Å². The first-order valence-electron chi connectivity index (χ1n) is 11.1. The molecule has 0 radical (unpaired) electrons. The third-order valence-electron chi connectivity index (χ3n) is 6.58. The Balaban J connectivity index is 0.000000461. The van der Waals surface area contributed by atoms with Crippen molar-refractivity contribution in [2.75, 3.05) is 19.6 Å². The fourth-order valence-electron chi connectivity index (χ4n) is 4.94. The van der Waals surface area contributed by atoms with Crippen LogP contribution in [0, 0.1) is 23.2 Å². The van der Waals surface area contributed by atoms with Crippen LogP contribution in [0.25, 0.3) is 0 Å². The summed E-state index contributed by atoms with van der Waals surface area (Å²) in [5.41, 5.74) is 0.827. The van der Waals surface area contributed by atoms with Gasteiger partial charge in [0.05, 0.1) is 0 Å². The van der Waals surface area contributed by atoms with E-state index >= 15 is 0 Å². The zero-order valence-electron chi connectivity index (χ0n) is 18.1. The Morgan fingerprint density at radius 3 is 1.88 bits per heavy atom. The molecule has 148 valence electrons. The minimum Gasteiger partial charge on any atom is -0.303 e. The molecule has 3 fully saturated rings. The van der Waals surface area contributed by atoms with Crippen molar-refractivity contribution in [3.05, 3.63) is 0 Å². The highest BCUT2D eigenvalue weighted by molar-refractivity contribution is 5.72. The lowest BCUT2D eigenvalue weighted by molar-refractivity contribution is -0.114. The van der Waals surface area contributed by atoms with Crippen LogP contribution in [-0.2, 0) is 4.79 Å². The first-order chi connectivity index (χ1) is 11.9. The van der Waals surface area contributed by atoms with Crippen LogP contribution in [0.15, 0.2) is 0 Å². The van der Waals surface area contributed by atoms with E-state index in [1.807, 2.05) is 13.8 Å². The van der Waals surface area contributed by atoms with Gasteiger partial charge in [0.25, 0.3) is 0 Å². The fraction of sp³-hybridized carbons (Fsp3) is 0.957. The number of carbonyl (C=O) groups excluding carboxylic acids is 1. The minimum absolute atomic E-state index is 0.167. The van der Waals surface area contributed by atoms with Crippen molar-refractivity contribution in [1.29, 1.82) is 0 Å². The van der Waals surface area contributed by atoms with Gasteiger partial charge < -0.3 is 9.69 Å². The first kappa shape index (κ1) is 22.7. The smallest absolute Gasteiger partial charge is 0.126 e. The van der Waals surface area contributed by atoms with E-state index in [9.17, 15) is 4.79 Å². The number of hydrogen-bond donors (Lipinski definition) is 0. The predicted molar refractivity (Wildman–Crippen MR) is 110 cm³/mol. The zero-order valence-corrected chi connectivity index (χ0v) is 18.1. The molecule has 1 heterocycles. The van der Waals surface area contributed by atoms with Gasteiger partial charge in [0, 0.05) is 6.54 Å². The largest absolute Gasteiger partial charge is 0.303 e. The summed E-state index contributed by atoms with van der Waals surface area (Å²) in [6, 6.07) is 0. The van der Waals surface area contributed by atoms with Crippen molar-refractivity contribution < 1.29 is 4.79 Å². The Labute approximate surface area is 158 Å². The summed E-state index contributed by atoms with van der Waals surface area (Å²) in [6.45, 7) is 16.0. The molecule has 3 aliphatic rings. The van der Waals surface area contributed by atoms with Crippen molar-refractivity contribution in [2.24, 2.45) is 23.2 Å². The van der Waals surface area contributed by atoms with E-state index in [2.05, 4.69) is 18.7 Å². The monoisotopic (exact) mass is 351 g/mol. The minimum atomic E-state index is 0.167. The Kier molecular flexibility index (Phi) is 10.3. The van der Waals surface area contributed by atoms with E-state index in [1.54, 1.807) is 25.7 Å². The Morgan fingerprint density at radius 2 is 1.44 bits per heavy atom. The van der Waals surface area contributed by atoms with Crippen molar-refractivity contribution in [3.63, 3.8) is 0 Å². The molecule has 0 amide bonds. The van der Waals surface area contributed by atoms with Gasteiger partial charge in [0.2, 0.25) is 0 Å². The molecule has 0 aromatic carbocycles. The highest BCUT2D eigenvalue weighted by atomic mass is 16.1. The van der Waals surface area contributed by atoms with Crippen LogP contribution in [-0.4, -0.2) is 30.3 Å². The predicted octanol–water partition coefficient (Wildman–Crippen LogP) is 6.34. The molecule has 1 aliphatic heterocycles. The molecular formula is C23H45NO. The van der Waals surface area contributed by atoms with E-state index in [1.165, 1.54) is 65.6 Å². The normalized spacial score (nSPS) is 32.7. The zero-order chi connectivity index (χ0) is 18.9. The van der Waals surface area contributed by atoms with Gasteiger partial charge in [-0.2, -0.15) is 0 Å².